The van der Waals surface area contributed by atoms with Crippen LogP contribution in [0.5, 0.6) is 0 Å². The minimum absolute atomic E-state index is 0.309. The maximum atomic E-state index is 5.72. The average molecular weight is 202 g/mol. The van der Waals surface area contributed by atoms with Crippen molar-refractivity contribution in [2.24, 2.45) is 5.73 Å². The van der Waals surface area contributed by atoms with Crippen molar-refractivity contribution in [2.75, 3.05) is 40.0 Å². The van der Waals surface area contributed by atoms with E-state index in [4.69, 9.17) is 15.2 Å². The molecule has 0 radical (unpaired) electrons. The molecule has 0 bridgehead atoms. The van der Waals surface area contributed by atoms with Gasteiger partial charge in [-0.1, -0.05) is 0 Å². The summed E-state index contributed by atoms with van der Waals surface area (Å²) in [5.41, 5.74) is 5.72. The third-order valence-corrected chi connectivity index (χ3v) is 2.63. The van der Waals surface area contributed by atoms with E-state index < -0.39 is 0 Å². The second-order valence-corrected chi connectivity index (χ2v) is 3.87. The molecule has 2 atom stereocenters. The van der Waals surface area contributed by atoms with Crippen LogP contribution in [0.15, 0.2) is 0 Å². The first-order valence-corrected chi connectivity index (χ1v) is 5.32. The van der Waals surface area contributed by atoms with E-state index in [1.54, 1.807) is 7.11 Å². The topological polar surface area (TPSA) is 47.7 Å². The summed E-state index contributed by atoms with van der Waals surface area (Å²) < 4.78 is 10.7. The van der Waals surface area contributed by atoms with Gasteiger partial charge in [0.1, 0.15) is 0 Å². The van der Waals surface area contributed by atoms with Crippen LogP contribution in [0.25, 0.3) is 0 Å². The van der Waals surface area contributed by atoms with E-state index in [9.17, 15) is 0 Å². The fraction of sp³-hybridized carbons (Fsp3) is 1.00. The van der Waals surface area contributed by atoms with Gasteiger partial charge in [-0.05, 0) is 13.3 Å². The Kier molecular flexibility index (Phi) is 5.40. The molecule has 2 unspecified atom stereocenters. The monoisotopic (exact) mass is 202 g/mol. The SMILES string of the molecule is COCC(CN)N1CCCOC(C)C1. The molecule has 1 fully saturated rings. The van der Waals surface area contributed by atoms with Crippen molar-refractivity contribution >= 4 is 0 Å². The summed E-state index contributed by atoms with van der Waals surface area (Å²) in [6.07, 6.45) is 1.40. The van der Waals surface area contributed by atoms with Gasteiger partial charge >= 0.3 is 0 Å². The van der Waals surface area contributed by atoms with Crippen molar-refractivity contribution in [1.82, 2.24) is 4.90 Å². The summed E-state index contributed by atoms with van der Waals surface area (Å²) in [5, 5.41) is 0. The zero-order valence-electron chi connectivity index (χ0n) is 9.24. The van der Waals surface area contributed by atoms with Crippen LogP contribution in [0.3, 0.4) is 0 Å². The molecule has 4 heteroatoms. The third-order valence-electron chi connectivity index (χ3n) is 2.63. The van der Waals surface area contributed by atoms with Gasteiger partial charge < -0.3 is 15.2 Å². The molecular weight excluding hydrogens is 180 g/mol. The van der Waals surface area contributed by atoms with Gasteiger partial charge in [0.05, 0.1) is 12.7 Å². The summed E-state index contributed by atoms with van der Waals surface area (Å²) in [4.78, 5) is 2.38. The number of nitrogens with two attached hydrogens (primary N) is 1. The van der Waals surface area contributed by atoms with Gasteiger partial charge in [-0.15, -0.1) is 0 Å². The largest absolute Gasteiger partial charge is 0.383 e. The highest BCUT2D eigenvalue weighted by molar-refractivity contribution is 4.76. The Morgan fingerprint density at radius 3 is 3.07 bits per heavy atom. The summed E-state index contributed by atoms with van der Waals surface area (Å²) in [7, 11) is 1.72. The van der Waals surface area contributed by atoms with Crippen LogP contribution in [0.4, 0.5) is 0 Å². The molecule has 0 saturated carbocycles. The average Bonchev–Trinajstić information content (AvgIpc) is 2.39. The summed E-state index contributed by atoms with van der Waals surface area (Å²) in [5.74, 6) is 0. The second kappa shape index (κ2) is 6.35. The fourth-order valence-corrected chi connectivity index (χ4v) is 1.87. The zero-order chi connectivity index (χ0) is 10.4. The smallest absolute Gasteiger partial charge is 0.0674 e. The maximum absolute atomic E-state index is 5.72. The van der Waals surface area contributed by atoms with Crippen LogP contribution in [0.2, 0.25) is 0 Å². The highest BCUT2D eigenvalue weighted by Gasteiger charge is 2.21. The Hall–Kier alpha value is -0.160. The van der Waals surface area contributed by atoms with E-state index in [0.717, 1.165) is 26.1 Å². The van der Waals surface area contributed by atoms with Gasteiger partial charge in [0, 0.05) is 39.4 Å². The highest BCUT2D eigenvalue weighted by Crippen LogP contribution is 2.08. The molecule has 0 aromatic rings. The normalized spacial score (nSPS) is 27.2. The molecule has 0 spiro atoms. The van der Waals surface area contributed by atoms with Crippen LogP contribution in [0.1, 0.15) is 13.3 Å². The van der Waals surface area contributed by atoms with E-state index in [-0.39, 0.29) is 0 Å². The van der Waals surface area contributed by atoms with E-state index >= 15 is 0 Å². The van der Waals surface area contributed by atoms with Crippen molar-refractivity contribution < 1.29 is 9.47 Å². The number of methoxy groups -OCH3 is 1. The first kappa shape index (κ1) is 11.9. The molecule has 1 rings (SSSR count). The molecule has 0 amide bonds. The molecule has 1 aliphatic rings. The van der Waals surface area contributed by atoms with Gasteiger partial charge in [-0.3, -0.25) is 4.90 Å². The van der Waals surface area contributed by atoms with Crippen LogP contribution in [-0.2, 0) is 9.47 Å². The number of hydrogen-bond acceptors (Lipinski definition) is 4. The molecule has 2 N–H and O–H groups in total. The van der Waals surface area contributed by atoms with Crippen molar-refractivity contribution in [1.29, 1.82) is 0 Å². The molecule has 0 aromatic heterocycles. The standard InChI is InChI=1S/C10H22N2O2/c1-9-7-12(4-3-5-14-9)10(6-11)8-13-2/h9-10H,3-8,11H2,1-2H3. The lowest BCUT2D eigenvalue weighted by atomic mass is 10.2. The molecule has 1 saturated heterocycles. The molecule has 1 aliphatic heterocycles. The van der Waals surface area contributed by atoms with Crippen molar-refractivity contribution in [2.45, 2.75) is 25.5 Å². The number of nitrogens with zero attached hydrogens (tertiary/aromatic N) is 1. The minimum Gasteiger partial charge on any atom is -0.383 e. The van der Waals surface area contributed by atoms with Crippen LogP contribution >= 0.6 is 0 Å². The Morgan fingerprint density at radius 1 is 1.64 bits per heavy atom. The van der Waals surface area contributed by atoms with Crippen LogP contribution in [0, 0.1) is 0 Å². The molecule has 14 heavy (non-hydrogen) atoms. The van der Waals surface area contributed by atoms with Gasteiger partial charge in [-0.25, -0.2) is 0 Å². The summed E-state index contributed by atoms with van der Waals surface area (Å²) in [6.45, 7) is 6.37. The highest BCUT2D eigenvalue weighted by atomic mass is 16.5. The lowest BCUT2D eigenvalue weighted by Gasteiger charge is -2.29. The van der Waals surface area contributed by atoms with Crippen molar-refractivity contribution in [3.8, 4) is 0 Å². The number of rotatable bonds is 4. The summed E-state index contributed by atoms with van der Waals surface area (Å²) >= 11 is 0. The van der Waals surface area contributed by atoms with E-state index in [2.05, 4.69) is 11.8 Å². The maximum Gasteiger partial charge on any atom is 0.0674 e. The first-order valence-electron chi connectivity index (χ1n) is 5.32. The Morgan fingerprint density at radius 2 is 2.43 bits per heavy atom. The molecular formula is C10H22N2O2. The lowest BCUT2D eigenvalue weighted by molar-refractivity contribution is 0.0471. The molecule has 4 nitrogen and oxygen atoms in total. The third kappa shape index (κ3) is 3.53. The van der Waals surface area contributed by atoms with E-state index in [1.165, 1.54) is 0 Å². The van der Waals surface area contributed by atoms with E-state index in [0.29, 0.717) is 25.3 Å². The van der Waals surface area contributed by atoms with Crippen molar-refractivity contribution in [3.63, 3.8) is 0 Å². The first-order chi connectivity index (χ1) is 6.77. The van der Waals surface area contributed by atoms with Crippen molar-refractivity contribution in [3.05, 3.63) is 0 Å². The zero-order valence-corrected chi connectivity index (χ0v) is 9.24. The second-order valence-electron chi connectivity index (χ2n) is 3.87. The molecule has 1 heterocycles. The van der Waals surface area contributed by atoms with Gasteiger partial charge in [0.25, 0.3) is 0 Å². The fourth-order valence-electron chi connectivity index (χ4n) is 1.87. The van der Waals surface area contributed by atoms with Gasteiger partial charge in [-0.2, -0.15) is 0 Å². The van der Waals surface area contributed by atoms with Crippen LogP contribution < -0.4 is 5.73 Å². The lowest BCUT2D eigenvalue weighted by Crippen LogP contribution is -2.46. The van der Waals surface area contributed by atoms with Gasteiger partial charge in [0.2, 0.25) is 0 Å². The molecule has 0 aliphatic carbocycles. The predicted octanol–water partition coefficient (Wildman–Crippen LogP) is 0.0709. The molecule has 84 valence electrons. The van der Waals surface area contributed by atoms with Crippen LogP contribution in [-0.4, -0.2) is 57.0 Å². The Bertz CT molecular complexity index is 155. The minimum atomic E-state index is 0.309. The Labute approximate surface area is 86.3 Å². The molecule has 0 aromatic carbocycles. The Balaban J connectivity index is 2.45. The predicted molar refractivity (Wildman–Crippen MR) is 56.3 cm³/mol. The summed E-state index contributed by atoms with van der Waals surface area (Å²) in [6, 6.07) is 0.337. The van der Waals surface area contributed by atoms with Gasteiger partial charge in [0.15, 0.2) is 0 Å². The van der Waals surface area contributed by atoms with E-state index in [1.807, 2.05) is 0 Å². The number of hydrogen-bond donors (Lipinski definition) is 1. The quantitative estimate of drug-likeness (QED) is 0.701. The number of ether oxygens (including phenoxy) is 2.